The molecule has 16 heavy (non-hydrogen) atoms. The van der Waals surface area contributed by atoms with E-state index in [1.54, 1.807) is 0 Å². The van der Waals surface area contributed by atoms with Crippen LogP contribution >= 0.6 is 0 Å². The standard InChI is InChI=1S/C10H20N2O3S/c1-10(4-6-15-8-10)12-16(13,14)7-5-11-9-2-3-9/h9,11-12H,2-8H2,1H3. The van der Waals surface area contributed by atoms with Crippen LogP contribution in [0.1, 0.15) is 26.2 Å². The molecule has 6 heteroatoms. The molecule has 5 nitrogen and oxygen atoms in total. The third kappa shape index (κ3) is 3.69. The van der Waals surface area contributed by atoms with Gasteiger partial charge in [-0.2, -0.15) is 0 Å². The van der Waals surface area contributed by atoms with Gasteiger partial charge in [0.25, 0.3) is 0 Å². The molecule has 0 amide bonds. The minimum atomic E-state index is -3.18. The average Bonchev–Trinajstić information content (AvgIpc) is 2.88. The smallest absolute Gasteiger partial charge is 0.213 e. The van der Waals surface area contributed by atoms with Gasteiger partial charge in [-0.15, -0.1) is 0 Å². The lowest BCUT2D eigenvalue weighted by Gasteiger charge is -2.23. The molecule has 0 aromatic carbocycles. The zero-order valence-corrected chi connectivity index (χ0v) is 10.5. The number of ether oxygens (including phenoxy) is 1. The van der Waals surface area contributed by atoms with Crippen molar-refractivity contribution in [2.45, 2.75) is 37.8 Å². The van der Waals surface area contributed by atoms with Crippen LogP contribution in [0, 0.1) is 0 Å². The summed E-state index contributed by atoms with van der Waals surface area (Å²) in [6, 6.07) is 0.556. The van der Waals surface area contributed by atoms with Crippen molar-refractivity contribution in [3.63, 3.8) is 0 Å². The Kier molecular flexibility index (Phi) is 3.53. The molecule has 0 bridgehead atoms. The Morgan fingerprint density at radius 3 is 2.75 bits per heavy atom. The van der Waals surface area contributed by atoms with Gasteiger partial charge in [-0.25, -0.2) is 13.1 Å². The molecular weight excluding hydrogens is 228 g/mol. The molecule has 0 aromatic heterocycles. The van der Waals surface area contributed by atoms with Gasteiger partial charge in [0.05, 0.1) is 17.9 Å². The summed E-state index contributed by atoms with van der Waals surface area (Å²) in [5.74, 6) is 0.152. The van der Waals surface area contributed by atoms with Crippen molar-refractivity contribution in [1.82, 2.24) is 10.0 Å². The van der Waals surface area contributed by atoms with Gasteiger partial charge in [0, 0.05) is 19.2 Å². The van der Waals surface area contributed by atoms with Crippen molar-refractivity contribution in [2.75, 3.05) is 25.5 Å². The van der Waals surface area contributed by atoms with Gasteiger partial charge in [-0.1, -0.05) is 0 Å². The number of sulfonamides is 1. The van der Waals surface area contributed by atoms with Gasteiger partial charge in [-0.3, -0.25) is 0 Å². The second kappa shape index (κ2) is 4.60. The van der Waals surface area contributed by atoms with E-state index in [2.05, 4.69) is 10.0 Å². The molecule has 1 saturated heterocycles. The summed E-state index contributed by atoms with van der Waals surface area (Å²) in [5.41, 5.74) is -0.404. The molecule has 2 aliphatic rings. The van der Waals surface area contributed by atoms with Crippen LogP contribution in [0.4, 0.5) is 0 Å². The lowest BCUT2D eigenvalue weighted by Crippen LogP contribution is -2.48. The predicted octanol–water partition coefficient (Wildman–Crippen LogP) is -0.163. The van der Waals surface area contributed by atoms with Gasteiger partial charge in [0.15, 0.2) is 0 Å². The molecule has 2 fully saturated rings. The van der Waals surface area contributed by atoms with E-state index in [0.717, 1.165) is 6.42 Å². The first kappa shape index (κ1) is 12.3. The van der Waals surface area contributed by atoms with E-state index in [0.29, 0.717) is 25.8 Å². The Bertz CT molecular complexity index is 332. The fourth-order valence-corrected chi connectivity index (χ4v) is 3.26. The minimum Gasteiger partial charge on any atom is -0.379 e. The third-order valence-corrected chi connectivity index (χ3v) is 4.55. The van der Waals surface area contributed by atoms with E-state index in [4.69, 9.17) is 4.74 Å². The summed E-state index contributed by atoms with van der Waals surface area (Å²) in [7, 11) is -3.18. The normalized spacial score (nSPS) is 30.8. The SMILES string of the molecule is CC1(NS(=O)(=O)CCNC2CC2)CCOC1. The van der Waals surface area contributed by atoms with Crippen LogP contribution in [0.5, 0.6) is 0 Å². The van der Waals surface area contributed by atoms with Gasteiger partial charge in [0.1, 0.15) is 0 Å². The van der Waals surface area contributed by atoms with Crippen molar-refractivity contribution in [3.05, 3.63) is 0 Å². The number of hydrogen-bond acceptors (Lipinski definition) is 4. The van der Waals surface area contributed by atoms with E-state index in [1.807, 2.05) is 6.92 Å². The fourth-order valence-electron chi connectivity index (χ4n) is 1.86. The lowest BCUT2D eigenvalue weighted by molar-refractivity contribution is 0.178. The van der Waals surface area contributed by atoms with Crippen LogP contribution in [0.15, 0.2) is 0 Å². The van der Waals surface area contributed by atoms with E-state index in [-0.39, 0.29) is 5.75 Å². The van der Waals surface area contributed by atoms with E-state index >= 15 is 0 Å². The molecule has 1 unspecified atom stereocenters. The predicted molar refractivity (Wildman–Crippen MR) is 61.8 cm³/mol. The van der Waals surface area contributed by atoms with Crippen molar-refractivity contribution in [1.29, 1.82) is 0 Å². The van der Waals surface area contributed by atoms with Crippen LogP contribution in [-0.2, 0) is 14.8 Å². The molecule has 0 spiro atoms. The Labute approximate surface area is 97.0 Å². The Balaban J connectivity index is 1.76. The Morgan fingerprint density at radius 1 is 1.44 bits per heavy atom. The topological polar surface area (TPSA) is 67.4 Å². The van der Waals surface area contributed by atoms with Crippen LogP contribution < -0.4 is 10.0 Å². The van der Waals surface area contributed by atoms with Crippen molar-refractivity contribution >= 4 is 10.0 Å². The molecule has 2 rings (SSSR count). The molecule has 1 aliphatic heterocycles. The maximum absolute atomic E-state index is 11.8. The second-order valence-corrected chi connectivity index (χ2v) is 6.85. The minimum absolute atomic E-state index is 0.152. The highest BCUT2D eigenvalue weighted by Crippen LogP contribution is 2.19. The third-order valence-electron chi connectivity index (χ3n) is 3.00. The van der Waals surface area contributed by atoms with Crippen LogP contribution in [0.3, 0.4) is 0 Å². The van der Waals surface area contributed by atoms with E-state index in [1.165, 1.54) is 12.8 Å². The molecule has 1 heterocycles. The summed E-state index contributed by atoms with van der Waals surface area (Å²) in [6.07, 6.45) is 3.11. The molecule has 0 aromatic rings. The molecule has 94 valence electrons. The summed E-state index contributed by atoms with van der Waals surface area (Å²) in [5, 5.41) is 3.20. The van der Waals surface area contributed by atoms with Crippen molar-refractivity contribution < 1.29 is 13.2 Å². The molecule has 1 atom stereocenters. The molecule has 1 aliphatic carbocycles. The van der Waals surface area contributed by atoms with Crippen molar-refractivity contribution in [3.8, 4) is 0 Å². The summed E-state index contributed by atoms with van der Waals surface area (Å²) < 4.78 is 31.5. The number of nitrogens with one attached hydrogen (secondary N) is 2. The highest BCUT2D eigenvalue weighted by molar-refractivity contribution is 7.89. The summed E-state index contributed by atoms with van der Waals surface area (Å²) in [4.78, 5) is 0. The van der Waals surface area contributed by atoms with Crippen LogP contribution in [-0.4, -0.2) is 45.5 Å². The Hall–Kier alpha value is -0.170. The highest BCUT2D eigenvalue weighted by atomic mass is 32.2. The maximum Gasteiger partial charge on any atom is 0.213 e. The Morgan fingerprint density at radius 2 is 2.19 bits per heavy atom. The first-order valence-electron chi connectivity index (χ1n) is 5.82. The molecule has 2 N–H and O–H groups in total. The zero-order chi connectivity index (χ0) is 11.6. The molecule has 1 saturated carbocycles. The largest absolute Gasteiger partial charge is 0.379 e. The van der Waals surface area contributed by atoms with E-state index < -0.39 is 15.6 Å². The lowest BCUT2D eigenvalue weighted by atomic mass is 10.0. The number of hydrogen-bond donors (Lipinski definition) is 2. The highest BCUT2D eigenvalue weighted by Gasteiger charge is 2.33. The van der Waals surface area contributed by atoms with Gasteiger partial charge in [-0.05, 0) is 26.2 Å². The fraction of sp³-hybridized carbons (Fsp3) is 1.00. The average molecular weight is 248 g/mol. The molecule has 0 radical (unpaired) electrons. The summed E-state index contributed by atoms with van der Waals surface area (Å²) >= 11 is 0. The van der Waals surface area contributed by atoms with Gasteiger partial charge >= 0.3 is 0 Å². The van der Waals surface area contributed by atoms with Crippen molar-refractivity contribution in [2.24, 2.45) is 0 Å². The first-order chi connectivity index (χ1) is 7.49. The maximum atomic E-state index is 11.8. The van der Waals surface area contributed by atoms with Gasteiger partial charge in [0.2, 0.25) is 10.0 Å². The zero-order valence-electron chi connectivity index (χ0n) is 9.66. The second-order valence-electron chi connectivity index (χ2n) is 5.01. The monoisotopic (exact) mass is 248 g/mol. The number of rotatable bonds is 6. The molecular formula is C10H20N2O3S. The van der Waals surface area contributed by atoms with E-state index in [9.17, 15) is 8.42 Å². The van der Waals surface area contributed by atoms with Crippen LogP contribution in [0.25, 0.3) is 0 Å². The van der Waals surface area contributed by atoms with Gasteiger partial charge < -0.3 is 10.1 Å². The summed E-state index contributed by atoms with van der Waals surface area (Å²) in [6.45, 7) is 3.55. The quantitative estimate of drug-likeness (QED) is 0.685. The first-order valence-corrected chi connectivity index (χ1v) is 7.47. The van der Waals surface area contributed by atoms with Crippen LogP contribution in [0.2, 0.25) is 0 Å².